The van der Waals surface area contributed by atoms with E-state index in [-0.39, 0.29) is 11.4 Å². The Kier molecular flexibility index (Phi) is 7.95. The molecule has 0 fully saturated rings. The standard InChI is InChI=1S/C33H38N2O8/c1-19-18-34(28(37)41-31(2,3)4)25-13-11-20(16-23(19)25)27(36)26-17-21-15-22(40-30(39)43-33(8,9)10)12-14-24(21)35(26)29(38)42-32(5,6)7/h11-18H,1-10H3. The van der Waals surface area contributed by atoms with Gasteiger partial charge in [-0.15, -0.1) is 0 Å². The van der Waals surface area contributed by atoms with Crippen LogP contribution in [0, 0.1) is 6.92 Å². The Morgan fingerprint density at radius 2 is 1.26 bits per heavy atom. The zero-order valence-electron chi connectivity index (χ0n) is 26.3. The third-order valence-corrected chi connectivity index (χ3v) is 6.03. The van der Waals surface area contributed by atoms with Crippen LogP contribution >= 0.6 is 0 Å². The molecular formula is C33H38N2O8. The number of aryl methyl sites for hydroxylation is 1. The number of ketones is 1. The van der Waals surface area contributed by atoms with Gasteiger partial charge in [-0.25, -0.2) is 19.0 Å². The second-order valence-corrected chi connectivity index (χ2v) is 13.4. The van der Waals surface area contributed by atoms with E-state index in [9.17, 15) is 19.2 Å². The Bertz CT molecular complexity index is 1750. The van der Waals surface area contributed by atoms with Gasteiger partial charge in [0.15, 0.2) is 0 Å². The molecule has 0 unspecified atom stereocenters. The van der Waals surface area contributed by atoms with Gasteiger partial charge >= 0.3 is 18.3 Å². The first-order valence-corrected chi connectivity index (χ1v) is 13.9. The summed E-state index contributed by atoms with van der Waals surface area (Å²) in [7, 11) is 0. The highest BCUT2D eigenvalue weighted by Gasteiger charge is 2.27. The average molecular weight is 591 g/mol. The fourth-order valence-corrected chi connectivity index (χ4v) is 4.44. The molecule has 0 aliphatic carbocycles. The summed E-state index contributed by atoms with van der Waals surface area (Å²) in [5.74, 6) is -0.259. The van der Waals surface area contributed by atoms with Crippen molar-refractivity contribution in [2.45, 2.75) is 86.0 Å². The number of nitrogens with zero attached hydrogens (tertiary/aromatic N) is 2. The van der Waals surface area contributed by atoms with Gasteiger partial charge in [-0.05, 0) is 117 Å². The third kappa shape index (κ3) is 7.25. The van der Waals surface area contributed by atoms with Crippen LogP contribution < -0.4 is 4.74 Å². The number of aromatic nitrogens is 2. The van der Waals surface area contributed by atoms with E-state index in [0.29, 0.717) is 27.4 Å². The lowest BCUT2D eigenvalue weighted by Gasteiger charge is -2.21. The van der Waals surface area contributed by atoms with Crippen molar-refractivity contribution in [3.63, 3.8) is 0 Å². The number of fused-ring (bicyclic) bond motifs is 2. The first kappa shape index (κ1) is 31.3. The van der Waals surface area contributed by atoms with Crippen LogP contribution in [-0.2, 0) is 14.2 Å². The molecule has 0 bridgehead atoms. The van der Waals surface area contributed by atoms with Crippen molar-refractivity contribution >= 4 is 45.9 Å². The molecule has 0 N–H and O–H groups in total. The molecular weight excluding hydrogens is 552 g/mol. The van der Waals surface area contributed by atoms with E-state index in [1.165, 1.54) is 15.2 Å². The van der Waals surface area contributed by atoms with Gasteiger partial charge in [0, 0.05) is 22.5 Å². The van der Waals surface area contributed by atoms with Gasteiger partial charge in [-0.1, -0.05) is 0 Å². The number of rotatable bonds is 3. The number of ether oxygens (including phenoxy) is 4. The molecule has 4 rings (SSSR count). The van der Waals surface area contributed by atoms with Gasteiger partial charge in [0.2, 0.25) is 5.78 Å². The fourth-order valence-electron chi connectivity index (χ4n) is 4.44. The van der Waals surface area contributed by atoms with E-state index in [0.717, 1.165) is 5.56 Å². The predicted molar refractivity (Wildman–Crippen MR) is 162 cm³/mol. The number of hydrogen-bond acceptors (Lipinski definition) is 8. The van der Waals surface area contributed by atoms with Crippen LogP contribution in [0.1, 0.15) is 83.9 Å². The summed E-state index contributed by atoms with van der Waals surface area (Å²) in [6.07, 6.45) is -0.479. The van der Waals surface area contributed by atoms with E-state index in [2.05, 4.69) is 0 Å². The molecule has 0 saturated heterocycles. The summed E-state index contributed by atoms with van der Waals surface area (Å²) in [5, 5.41) is 1.16. The van der Waals surface area contributed by atoms with E-state index in [1.807, 2.05) is 6.92 Å². The maximum absolute atomic E-state index is 14.0. The SMILES string of the molecule is Cc1cn(C(=O)OC(C)(C)C)c2ccc(C(=O)c3cc4cc(OC(=O)OC(C)(C)C)ccc4n3C(=O)OC(C)(C)C)cc12. The van der Waals surface area contributed by atoms with Crippen molar-refractivity contribution in [1.82, 2.24) is 9.13 Å². The summed E-state index contributed by atoms with van der Waals surface area (Å²) >= 11 is 0. The van der Waals surface area contributed by atoms with Crippen molar-refractivity contribution in [2.75, 3.05) is 0 Å². The molecule has 2 aromatic carbocycles. The summed E-state index contributed by atoms with van der Waals surface area (Å²) in [5.41, 5.74) is -0.139. The van der Waals surface area contributed by atoms with Gasteiger partial charge < -0.3 is 18.9 Å². The minimum absolute atomic E-state index is 0.0576. The molecule has 0 radical (unpaired) electrons. The summed E-state index contributed by atoms with van der Waals surface area (Å²) in [6.45, 7) is 17.6. The first-order valence-electron chi connectivity index (χ1n) is 13.9. The van der Waals surface area contributed by atoms with Crippen LogP contribution in [0.4, 0.5) is 14.4 Å². The Morgan fingerprint density at radius 1 is 0.674 bits per heavy atom. The molecule has 0 atom stereocenters. The van der Waals surface area contributed by atoms with Crippen LogP contribution in [0.5, 0.6) is 5.75 Å². The van der Waals surface area contributed by atoms with Gasteiger partial charge in [0.05, 0.1) is 11.0 Å². The minimum Gasteiger partial charge on any atom is -0.443 e. The van der Waals surface area contributed by atoms with Crippen LogP contribution in [0.3, 0.4) is 0 Å². The lowest BCUT2D eigenvalue weighted by atomic mass is 10.0. The summed E-state index contributed by atoms with van der Waals surface area (Å²) in [6, 6.07) is 11.1. The molecule has 0 saturated carbocycles. The first-order chi connectivity index (χ1) is 19.7. The molecule has 0 aliphatic heterocycles. The monoisotopic (exact) mass is 590 g/mol. The zero-order valence-corrected chi connectivity index (χ0v) is 26.3. The smallest absolute Gasteiger partial charge is 0.443 e. The van der Waals surface area contributed by atoms with Crippen molar-refractivity contribution in [2.24, 2.45) is 0 Å². The molecule has 43 heavy (non-hydrogen) atoms. The van der Waals surface area contributed by atoms with Crippen LogP contribution in [-0.4, -0.2) is 50.1 Å². The largest absolute Gasteiger partial charge is 0.514 e. The van der Waals surface area contributed by atoms with E-state index in [4.69, 9.17) is 18.9 Å². The summed E-state index contributed by atoms with van der Waals surface area (Å²) < 4.78 is 24.4. The number of carbonyl (C=O) groups is 4. The van der Waals surface area contributed by atoms with Crippen molar-refractivity contribution in [3.8, 4) is 5.75 Å². The minimum atomic E-state index is -0.878. The highest BCUT2D eigenvalue weighted by Crippen LogP contribution is 2.30. The molecule has 4 aromatic rings. The molecule has 228 valence electrons. The predicted octanol–water partition coefficient (Wildman–Crippen LogP) is 8.02. The van der Waals surface area contributed by atoms with Gasteiger partial charge in [-0.2, -0.15) is 0 Å². The molecule has 10 nitrogen and oxygen atoms in total. The summed E-state index contributed by atoms with van der Waals surface area (Å²) in [4.78, 5) is 52.4. The van der Waals surface area contributed by atoms with E-state index < -0.39 is 40.9 Å². The molecule has 0 amide bonds. The lowest BCUT2D eigenvalue weighted by molar-refractivity contribution is 0.0205. The molecule has 2 aromatic heterocycles. The third-order valence-electron chi connectivity index (χ3n) is 6.03. The lowest BCUT2D eigenvalue weighted by Crippen LogP contribution is -2.29. The Morgan fingerprint density at radius 3 is 1.86 bits per heavy atom. The highest BCUT2D eigenvalue weighted by molar-refractivity contribution is 6.14. The van der Waals surface area contributed by atoms with Gasteiger partial charge in [0.1, 0.15) is 28.2 Å². The highest BCUT2D eigenvalue weighted by atomic mass is 16.7. The van der Waals surface area contributed by atoms with Gasteiger partial charge in [0.25, 0.3) is 0 Å². The average Bonchev–Trinajstić information content (AvgIpc) is 3.37. The van der Waals surface area contributed by atoms with Crippen LogP contribution in [0.25, 0.3) is 21.8 Å². The van der Waals surface area contributed by atoms with Crippen LogP contribution in [0.15, 0.2) is 48.7 Å². The molecule has 2 heterocycles. The second-order valence-electron chi connectivity index (χ2n) is 13.4. The zero-order chi connectivity index (χ0) is 32.1. The fraction of sp³-hybridized carbons (Fsp3) is 0.394. The van der Waals surface area contributed by atoms with Crippen LogP contribution in [0.2, 0.25) is 0 Å². The number of carbonyl (C=O) groups excluding carboxylic acids is 4. The van der Waals surface area contributed by atoms with Crippen molar-refractivity contribution < 1.29 is 38.1 Å². The molecule has 0 aliphatic rings. The Hall–Kier alpha value is -4.60. The Labute approximate surface area is 250 Å². The van der Waals surface area contributed by atoms with Crippen molar-refractivity contribution in [1.29, 1.82) is 0 Å². The topological polar surface area (TPSA) is 115 Å². The quantitative estimate of drug-likeness (QED) is 0.102. The second kappa shape index (κ2) is 10.9. The maximum Gasteiger partial charge on any atom is 0.514 e. The van der Waals surface area contributed by atoms with Crippen molar-refractivity contribution in [3.05, 3.63) is 65.5 Å². The maximum atomic E-state index is 14.0. The number of hydrogen-bond donors (Lipinski definition) is 0. The molecule has 0 spiro atoms. The van der Waals surface area contributed by atoms with Gasteiger partial charge in [-0.3, -0.25) is 9.36 Å². The molecule has 10 heteroatoms. The normalized spacial score (nSPS) is 12.3. The van der Waals surface area contributed by atoms with E-state index >= 15 is 0 Å². The Balaban J connectivity index is 1.78. The number of benzene rings is 2. The van der Waals surface area contributed by atoms with E-state index in [1.54, 1.807) is 105 Å².